The lowest BCUT2D eigenvalue weighted by Gasteiger charge is -2.34. The molecule has 0 bridgehead atoms. The van der Waals surface area contributed by atoms with Gasteiger partial charge in [-0.2, -0.15) is 8.78 Å². The van der Waals surface area contributed by atoms with Crippen molar-refractivity contribution in [2.75, 3.05) is 28.9 Å². The molecule has 4 heterocycles. The van der Waals surface area contributed by atoms with Crippen LogP contribution in [0.1, 0.15) is 232 Å². The van der Waals surface area contributed by atoms with Gasteiger partial charge in [0.15, 0.2) is 47.3 Å². The lowest BCUT2D eigenvalue weighted by molar-refractivity contribution is -0.124. The minimum absolute atomic E-state index is 0.0207. The summed E-state index contributed by atoms with van der Waals surface area (Å²) in [4.78, 5) is 116. The summed E-state index contributed by atoms with van der Waals surface area (Å²) in [5.41, 5.74) is -1.02. The van der Waals surface area contributed by atoms with E-state index in [0.29, 0.717) is 65.1 Å². The molecule has 31 heteroatoms. The van der Waals surface area contributed by atoms with Crippen LogP contribution in [-0.4, -0.2) is 111 Å². The van der Waals surface area contributed by atoms with E-state index in [0.717, 1.165) is 94.9 Å². The molecule has 0 radical (unpaired) electrons. The number of pyridine rings is 4. The number of nitrogens with zero attached hydrogens (tertiary/aromatic N) is 7. The van der Waals surface area contributed by atoms with Gasteiger partial charge in [-0.15, -0.1) is 0 Å². The van der Waals surface area contributed by atoms with E-state index in [9.17, 15) is 79.3 Å². The van der Waals surface area contributed by atoms with Crippen LogP contribution in [0, 0.1) is 68.4 Å². The Morgan fingerprint density at radius 1 is 0.470 bits per heavy atom. The highest BCUT2D eigenvalue weighted by Gasteiger charge is 2.38. The number of carbonyl (C=O) groups excluding carboxylic acids is 7. The third-order valence-corrected chi connectivity index (χ3v) is 20.9. The number of rotatable bonds is 23. The van der Waals surface area contributed by atoms with Crippen LogP contribution in [0.4, 0.5) is 56.6 Å². The van der Waals surface area contributed by atoms with Crippen LogP contribution in [-0.2, 0) is 23.9 Å². The molecule has 3 amide bonds. The molecule has 0 atom stereocenters. The summed E-state index contributed by atoms with van der Waals surface area (Å²) in [6, 6.07) is 10.6. The number of phenols is 1. The quantitative estimate of drug-likeness (QED) is 0.0198. The first-order valence-electron chi connectivity index (χ1n) is 37.6. The molecule has 10 rings (SSSR count). The molecule has 4 aromatic heterocycles. The number of methoxy groups -OCH3 is 2. The highest BCUT2D eigenvalue weighted by molar-refractivity contribution is 14.1. The largest absolute Gasteiger partial charge is 0.505 e. The van der Waals surface area contributed by atoms with Crippen molar-refractivity contribution < 1.29 is 107 Å². The van der Waals surface area contributed by atoms with Gasteiger partial charge in [0, 0.05) is 94.6 Å². The van der Waals surface area contributed by atoms with Crippen LogP contribution < -0.4 is 24.2 Å². The molecule has 628 valence electrons. The number of amides is 3. The highest BCUT2D eigenvalue weighted by Crippen LogP contribution is 2.43. The number of phenolic OH excluding ortho intramolecular Hbond substituents is 1. The van der Waals surface area contributed by atoms with E-state index in [4.69, 9.17) is 18.9 Å². The lowest BCUT2D eigenvalue weighted by Crippen LogP contribution is -2.43. The number of carboxylic acids is 1. The molecule has 0 saturated heterocycles. The van der Waals surface area contributed by atoms with E-state index in [1.165, 1.54) is 83.0 Å². The lowest BCUT2D eigenvalue weighted by atomic mass is 9.82. The molecule has 0 aliphatic heterocycles. The average molecular weight is 1750 g/mol. The minimum atomic E-state index is -2.99. The second kappa shape index (κ2) is 44.5. The Kier molecular flexibility index (Phi) is 36.1. The number of benzene rings is 3. The SMILES string of the molecule is C=Cc1ccnc(F)c1C=O.C=Cc1ccnc(Oc2cc(C(=O)O)c(N(C(=O)C3CCC(C)CC3)C(C)C)cc2F)c1C(F)F.C=Cc1ccnc(Oc2cc(C(=O)OC)c(N(C(=O)C3CCC(C)CC3)C(C)C)cc2F)c1C(F)F.COC(=O)c1cc(O)c(F)cc1N(C(=O)C1CCC(C)CC1)C(C)C.O=Cc1c(I)ccnc1F. The summed E-state index contributed by atoms with van der Waals surface area (Å²) in [5, 5.41) is 19.5. The zero-order chi connectivity index (χ0) is 87.0. The third-order valence-electron chi connectivity index (χ3n) is 19.9. The van der Waals surface area contributed by atoms with E-state index in [1.807, 2.05) is 36.4 Å². The van der Waals surface area contributed by atoms with Crippen molar-refractivity contribution in [1.82, 2.24) is 19.9 Å². The second-order valence-electron chi connectivity index (χ2n) is 29.0. The number of aromatic nitrogens is 4. The fraction of sp³-hybridized carbons (Fsp3) is 0.395. The van der Waals surface area contributed by atoms with Gasteiger partial charge in [-0.05, 0) is 206 Å². The second-order valence-corrected chi connectivity index (χ2v) is 30.1. The van der Waals surface area contributed by atoms with Crippen molar-refractivity contribution in [2.45, 2.75) is 170 Å². The Hall–Kier alpha value is -10.9. The molecule has 0 unspecified atom stereocenters. The molecule has 0 spiro atoms. The Morgan fingerprint density at radius 3 is 1.09 bits per heavy atom. The summed E-state index contributed by atoms with van der Waals surface area (Å²) in [6.07, 6.45) is 13.7. The van der Waals surface area contributed by atoms with Crippen molar-refractivity contribution in [1.29, 1.82) is 0 Å². The van der Waals surface area contributed by atoms with Gasteiger partial charge in [-0.3, -0.25) is 24.0 Å². The molecule has 3 aliphatic carbocycles. The first-order valence-corrected chi connectivity index (χ1v) is 38.7. The Morgan fingerprint density at radius 2 is 0.786 bits per heavy atom. The predicted molar refractivity (Wildman–Crippen MR) is 432 cm³/mol. The fourth-order valence-corrected chi connectivity index (χ4v) is 14.1. The summed E-state index contributed by atoms with van der Waals surface area (Å²) in [5.74, 6) is -9.65. The maximum Gasteiger partial charge on any atom is 0.340 e. The van der Waals surface area contributed by atoms with Crippen LogP contribution in [0.5, 0.6) is 29.0 Å². The summed E-state index contributed by atoms with van der Waals surface area (Å²) < 4.78 is 145. The summed E-state index contributed by atoms with van der Waals surface area (Å²) in [7, 11) is 2.36. The first kappa shape index (κ1) is 95.0. The van der Waals surface area contributed by atoms with E-state index < -0.39 is 106 Å². The fourth-order valence-electron chi connectivity index (χ4n) is 13.6. The molecule has 3 aromatic carbocycles. The van der Waals surface area contributed by atoms with E-state index in [-0.39, 0.29) is 104 Å². The monoisotopic (exact) mass is 1750 g/mol. The molecule has 2 N–H and O–H groups in total. The Bertz CT molecular complexity index is 4700. The van der Waals surface area contributed by atoms with Gasteiger partial charge in [-0.1, -0.05) is 58.7 Å². The number of carbonyl (C=O) groups is 8. The minimum Gasteiger partial charge on any atom is -0.505 e. The van der Waals surface area contributed by atoms with E-state index in [1.54, 1.807) is 33.8 Å². The van der Waals surface area contributed by atoms with Gasteiger partial charge < -0.3 is 43.9 Å². The molecular weight excluding hydrogens is 1650 g/mol. The summed E-state index contributed by atoms with van der Waals surface area (Å²) >= 11 is 1.87. The zero-order valence-electron chi connectivity index (χ0n) is 66.6. The maximum absolute atomic E-state index is 15.3. The standard InChI is InChI=1S/C27H31F3N2O4.C26H29F3N2O4.C19H26FNO4.C8H6FNO.C6H3FINO/c1-6-17-11-12-31-25(23(17)24(29)30)36-22-13-19(27(34)35-5)21(14-20(22)28)32(15(2)3)26(33)18-9-7-16(4)8-10-18;1-5-16-10-11-30-24(22(16)23(28)29)35-21-12-18(26(33)34)20(13-19(21)27)31(14(2)3)25(32)17-8-6-15(4)7-9-17;1-11(2)21(18(23)13-7-5-12(3)6-8-13)16-10-15(20)17(22)9-14(16)19(24)25-4;1-2-6-3-4-10-8(9)7(6)5-11;7-6-4(3-10)5(8)1-2-9-6/h6,11-16,18,24H,1,7-10H2,2-5H3;5,10-15,17,23H,1,6-9H2,2-4H3,(H,33,34);9-13,22H,5-8H2,1-4H3;2-5H,1H2;1-3H. The number of hydrogen-bond donors (Lipinski definition) is 2. The molecule has 3 aliphatic rings. The van der Waals surface area contributed by atoms with Gasteiger partial charge in [0.1, 0.15) is 0 Å². The number of esters is 2. The highest BCUT2D eigenvalue weighted by atomic mass is 127. The molecule has 3 saturated carbocycles. The number of aldehydes is 2. The van der Waals surface area contributed by atoms with Crippen LogP contribution in [0.25, 0.3) is 18.2 Å². The molecule has 117 heavy (non-hydrogen) atoms. The first-order chi connectivity index (χ1) is 55.4. The van der Waals surface area contributed by atoms with Gasteiger partial charge >= 0.3 is 17.9 Å². The van der Waals surface area contributed by atoms with Gasteiger partial charge in [0.25, 0.3) is 12.9 Å². The van der Waals surface area contributed by atoms with Crippen LogP contribution >= 0.6 is 22.6 Å². The van der Waals surface area contributed by atoms with Crippen LogP contribution in [0.15, 0.2) is 105 Å². The Balaban J connectivity index is 0.000000244. The number of aromatic carboxylic acids is 1. The zero-order valence-corrected chi connectivity index (χ0v) is 68.8. The average Bonchev–Trinajstić information content (AvgIpc) is 0.787. The number of anilines is 3. The van der Waals surface area contributed by atoms with E-state index in [2.05, 4.69) is 60.4 Å². The molecule has 21 nitrogen and oxygen atoms in total. The van der Waals surface area contributed by atoms with Crippen LogP contribution in [0.3, 0.4) is 0 Å². The number of hydrogen-bond acceptors (Lipinski definition) is 17. The molecule has 7 aromatic rings. The molecule has 3 fully saturated rings. The topological polar surface area (TPSA) is 275 Å². The maximum atomic E-state index is 15.3. The van der Waals surface area contributed by atoms with Crippen molar-refractivity contribution in [3.05, 3.63) is 194 Å². The van der Waals surface area contributed by atoms with Crippen LogP contribution in [0.2, 0.25) is 0 Å². The van der Waals surface area contributed by atoms with Crippen molar-refractivity contribution >= 4 is 106 Å². The van der Waals surface area contributed by atoms with Gasteiger partial charge in [-0.25, -0.2) is 65.1 Å². The van der Waals surface area contributed by atoms with Gasteiger partial charge in [0.2, 0.25) is 41.4 Å². The van der Waals surface area contributed by atoms with Crippen molar-refractivity contribution in [3.8, 4) is 29.0 Å². The number of carboxylic acid groups (broad SMARTS) is 1. The normalized spacial score (nSPS) is 16.8. The van der Waals surface area contributed by atoms with Crippen molar-refractivity contribution in [2.24, 2.45) is 35.5 Å². The number of aromatic hydroxyl groups is 1. The van der Waals surface area contributed by atoms with Crippen molar-refractivity contribution in [3.63, 3.8) is 0 Å². The third kappa shape index (κ3) is 24.6. The number of halogens is 10. The molecular formula is C86H95F9IN7O14. The van der Waals surface area contributed by atoms with Gasteiger partial charge in [0.05, 0.1) is 70.2 Å². The Labute approximate surface area is 686 Å². The number of alkyl halides is 4. The number of ether oxygens (including phenoxy) is 4. The van der Waals surface area contributed by atoms with E-state index >= 15 is 8.78 Å². The summed E-state index contributed by atoms with van der Waals surface area (Å²) in [6.45, 7) is 27.5. The smallest absolute Gasteiger partial charge is 0.340 e. The predicted octanol–water partition coefficient (Wildman–Crippen LogP) is 21.0.